The van der Waals surface area contributed by atoms with E-state index in [9.17, 15) is 0 Å². The Hall–Kier alpha value is -1.20. The van der Waals surface area contributed by atoms with E-state index in [1.165, 1.54) is 0 Å². The standard InChI is InChI=1S/C13H23N5/c1-3-14-11-12-5-6-13(16-15-12)18-9-7-17(4-2)8-10-18/h5-6,14H,3-4,7-11H2,1-2H3. The van der Waals surface area contributed by atoms with E-state index in [4.69, 9.17) is 0 Å². The minimum Gasteiger partial charge on any atom is -0.353 e. The van der Waals surface area contributed by atoms with Crippen molar-refractivity contribution in [2.75, 3.05) is 44.2 Å². The monoisotopic (exact) mass is 249 g/mol. The van der Waals surface area contributed by atoms with Gasteiger partial charge in [0.15, 0.2) is 5.82 Å². The summed E-state index contributed by atoms with van der Waals surface area (Å²) in [6.45, 7) is 11.6. The molecule has 0 unspecified atom stereocenters. The fraction of sp³-hybridized carbons (Fsp3) is 0.692. The van der Waals surface area contributed by atoms with Crippen LogP contribution in [0, 0.1) is 0 Å². The highest BCUT2D eigenvalue weighted by Crippen LogP contribution is 2.12. The van der Waals surface area contributed by atoms with Crippen molar-refractivity contribution in [3.63, 3.8) is 0 Å². The minimum absolute atomic E-state index is 0.799. The third-order valence-corrected chi connectivity index (χ3v) is 3.41. The molecule has 1 fully saturated rings. The fourth-order valence-electron chi connectivity index (χ4n) is 2.16. The van der Waals surface area contributed by atoms with Crippen molar-refractivity contribution in [3.8, 4) is 0 Å². The molecule has 1 N–H and O–H groups in total. The van der Waals surface area contributed by atoms with E-state index in [1.807, 2.05) is 0 Å². The largest absolute Gasteiger partial charge is 0.353 e. The number of nitrogens with one attached hydrogen (secondary N) is 1. The van der Waals surface area contributed by atoms with Crippen LogP contribution >= 0.6 is 0 Å². The molecule has 100 valence electrons. The topological polar surface area (TPSA) is 44.3 Å². The summed E-state index contributed by atoms with van der Waals surface area (Å²) in [5.41, 5.74) is 1.01. The highest BCUT2D eigenvalue weighted by Gasteiger charge is 2.16. The van der Waals surface area contributed by atoms with Gasteiger partial charge in [0.05, 0.1) is 5.69 Å². The average Bonchev–Trinajstić information content (AvgIpc) is 2.46. The third-order valence-electron chi connectivity index (χ3n) is 3.41. The first-order valence-electron chi connectivity index (χ1n) is 6.84. The van der Waals surface area contributed by atoms with Gasteiger partial charge in [0, 0.05) is 32.7 Å². The van der Waals surface area contributed by atoms with Crippen molar-refractivity contribution >= 4 is 5.82 Å². The molecule has 0 aliphatic carbocycles. The lowest BCUT2D eigenvalue weighted by Crippen LogP contribution is -2.46. The van der Waals surface area contributed by atoms with E-state index >= 15 is 0 Å². The van der Waals surface area contributed by atoms with Gasteiger partial charge in [0.2, 0.25) is 0 Å². The normalized spacial score (nSPS) is 17.1. The molecule has 0 aromatic carbocycles. The quantitative estimate of drug-likeness (QED) is 0.833. The Morgan fingerprint density at radius 3 is 2.44 bits per heavy atom. The molecule has 2 heterocycles. The van der Waals surface area contributed by atoms with Crippen LogP contribution in [0.25, 0.3) is 0 Å². The molecule has 5 heteroatoms. The zero-order valence-electron chi connectivity index (χ0n) is 11.4. The maximum absolute atomic E-state index is 4.32. The summed E-state index contributed by atoms with van der Waals surface area (Å²) in [7, 11) is 0. The molecule has 18 heavy (non-hydrogen) atoms. The van der Waals surface area contributed by atoms with Crippen molar-refractivity contribution in [2.45, 2.75) is 20.4 Å². The van der Waals surface area contributed by atoms with Gasteiger partial charge in [-0.25, -0.2) is 0 Å². The summed E-state index contributed by atoms with van der Waals surface area (Å²) < 4.78 is 0. The summed E-state index contributed by atoms with van der Waals surface area (Å²) in [6, 6.07) is 4.15. The summed E-state index contributed by atoms with van der Waals surface area (Å²) in [4.78, 5) is 4.78. The number of hydrogen-bond acceptors (Lipinski definition) is 5. The van der Waals surface area contributed by atoms with Gasteiger partial charge < -0.3 is 15.1 Å². The molecule has 5 nitrogen and oxygen atoms in total. The maximum atomic E-state index is 4.32. The van der Waals surface area contributed by atoms with E-state index in [2.05, 4.69) is 51.3 Å². The zero-order chi connectivity index (χ0) is 12.8. The van der Waals surface area contributed by atoms with Crippen LogP contribution in [0.15, 0.2) is 12.1 Å². The molecular formula is C13H23N5. The second-order valence-corrected chi connectivity index (χ2v) is 4.58. The first-order chi connectivity index (χ1) is 8.83. The molecule has 0 radical (unpaired) electrons. The number of likely N-dealkylation sites (N-methyl/N-ethyl adjacent to an activating group) is 1. The van der Waals surface area contributed by atoms with E-state index in [1.54, 1.807) is 0 Å². The number of hydrogen-bond donors (Lipinski definition) is 1. The van der Waals surface area contributed by atoms with Gasteiger partial charge in [-0.05, 0) is 25.2 Å². The lowest BCUT2D eigenvalue weighted by molar-refractivity contribution is 0.270. The second-order valence-electron chi connectivity index (χ2n) is 4.58. The Morgan fingerprint density at radius 1 is 1.11 bits per heavy atom. The van der Waals surface area contributed by atoms with Crippen molar-refractivity contribution in [2.24, 2.45) is 0 Å². The Labute approximate surface area is 109 Å². The SMILES string of the molecule is CCNCc1ccc(N2CCN(CC)CC2)nn1. The molecule has 1 aromatic heterocycles. The molecular weight excluding hydrogens is 226 g/mol. The van der Waals surface area contributed by atoms with Crippen LogP contribution in [0.2, 0.25) is 0 Å². The lowest BCUT2D eigenvalue weighted by Gasteiger charge is -2.34. The van der Waals surface area contributed by atoms with Gasteiger partial charge in [-0.1, -0.05) is 13.8 Å². The Bertz CT molecular complexity index is 343. The maximum Gasteiger partial charge on any atom is 0.151 e. The Balaban J connectivity index is 1.89. The Morgan fingerprint density at radius 2 is 1.89 bits per heavy atom. The summed E-state index contributed by atoms with van der Waals surface area (Å²) >= 11 is 0. The molecule has 0 spiro atoms. The molecule has 2 rings (SSSR count). The van der Waals surface area contributed by atoms with Gasteiger partial charge in [-0.3, -0.25) is 0 Å². The first-order valence-corrected chi connectivity index (χ1v) is 6.84. The van der Waals surface area contributed by atoms with Crippen LogP contribution in [-0.4, -0.2) is 54.4 Å². The molecule has 1 aromatic rings. The number of nitrogens with zero attached hydrogens (tertiary/aromatic N) is 4. The van der Waals surface area contributed by atoms with Crippen molar-refractivity contribution in [1.82, 2.24) is 20.4 Å². The molecule has 1 aliphatic heterocycles. The highest BCUT2D eigenvalue weighted by atomic mass is 15.3. The molecule has 0 atom stereocenters. The molecule has 0 saturated carbocycles. The average molecular weight is 249 g/mol. The molecule has 0 bridgehead atoms. The number of anilines is 1. The minimum atomic E-state index is 0.799. The van der Waals surface area contributed by atoms with Crippen LogP contribution in [0.4, 0.5) is 5.82 Å². The predicted molar refractivity (Wildman–Crippen MR) is 73.7 cm³/mol. The van der Waals surface area contributed by atoms with Gasteiger partial charge in [-0.2, -0.15) is 5.10 Å². The fourth-order valence-corrected chi connectivity index (χ4v) is 2.16. The van der Waals surface area contributed by atoms with E-state index in [0.717, 1.165) is 57.3 Å². The van der Waals surface area contributed by atoms with E-state index < -0.39 is 0 Å². The predicted octanol–water partition coefficient (Wildman–Crippen LogP) is 0.728. The third kappa shape index (κ3) is 3.40. The van der Waals surface area contributed by atoms with Crippen LogP contribution in [0.3, 0.4) is 0 Å². The molecule has 1 saturated heterocycles. The van der Waals surface area contributed by atoms with Crippen LogP contribution < -0.4 is 10.2 Å². The summed E-state index contributed by atoms with van der Waals surface area (Å²) in [5, 5.41) is 11.8. The number of aromatic nitrogens is 2. The van der Waals surface area contributed by atoms with E-state index in [-0.39, 0.29) is 0 Å². The number of piperazine rings is 1. The van der Waals surface area contributed by atoms with Crippen LogP contribution in [-0.2, 0) is 6.54 Å². The van der Waals surface area contributed by atoms with Crippen molar-refractivity contribution in [1.29, 1.82) is 0 Å². The van der Waals surface area contributed by atoms with E-state index in [0.29, 0.717) is 0 Å². The Kier molecular flexibility index (Phi) is 4.90. The smallest absolute Gasteiger partial charge is 0.151 e. The van der Waals surface area contributed by atoms with Crippen molar-refractivity contribution in [3.05, 3.63) is 17.8 Å². The van der Waals surface area contributed by atoms with Gasteiger partial charge in [-0.15, -0.1) is 5.10 Å². The first kappa shape index (κ1) is 13.2. The number of rotatable bonds is 5. The van der Waals surface area contributed by atoms with Crippen molar-refractivity contribution < 1.29 is 0 Å². The highest BCUT2D eigenvalue weighted by molar-refractivity contribution is 5.37. The summed E-state index contributed by atoms with van der Waals surface area (Å²) in [6.07, 6.45) is 0. The lowest BCUT2D eigenvalue weighted by atomic mass is 10.3. The van der Waals surface area contributed by atoms with Crippen LogP contribution in [0.5, 0.6) is 0 Å². The molecule has 1 aliphatic rings. The zero-order valence-corrected chi connectivity index (χ0v) is 11.4. The summed E-state index contributed by atoms with van der Waals surface area (Å²) in [5.74, 6) is 1.01. The van der Waals surface area contributed by atoms with Gasteiger partial charge in [0.25, 0.3) is 0 Å². The van der Waals surface area contributed by atoms with Crippen LogP contribution in [0.1, 0.15) is 19.5 Å². The van der Waals surface area contributed by atoms with Gasteiger partial charge >= 0.3 is 0 Å². The second kappa shape index (κ2) is 6.66. The van der Waals surface area contributed by atoms with Gasteiger partial charge in [0.1, 0.15) is 0 Å². The molecule has 0 amide bonds.